The molecular weight excluding hydrogens is 366 g/mol. The largest absolute Gasteiger partial charge is 0.504 e. The van der Waals surface area contributed by atoms with Gasteiger partial charge < -0.3 is 5.11 Å². The fraction of sp³-hybridized carbons (Fsp3) is 0. The van der Waals surface area contributed by atoms with Crippen molar-refractivity contribution in [2.75, 3.05) is 0 Å². The van der Waals surface area contributed by atoms with Crippen molar-refractivity contribution in [1.82, 2.24) is 0 Å². The molecule has 0 heterocycles. The summed E-state index contributed by atoms with van der Waals surface area (Å²) in [5.74, 6) is -3.15. The number of benzene rings is 1. The molecule has 0 unspecified atom stereocenters. The van der Waals surface area contributed by atoms with E-state index in [-0.39, 0.29) is 13.4 Å². The Bertz CT molecular complexity index is 235. The molecule has 0 saturated carbocycles. The van der Waals surface area contributed by atoms with Crippen molar-refractivity contribution < 1.29 is 13.9 Å². The maximum Gasteiger partial charge on any atom is 0.202 e. The molecule has 1 aromatic carbocycles. The molecule has 1 aromatic rings. The van der Waals surface area contributed by atoms with Crippen molar-refractivity contribution in [1.29, 1.82) is 0 Å². The van der Waals surface area contributed by atoms with Gasteiger partial charge in [-0.2, -0.15) is 4.39 Å². The minimum absolute atomic E-state index is 0.0651. The average molecular weight is 367 g/mol. The van der Waals surface area contributed by atoms with Gasteiger partial charge in [-0.15, -0.1) is 0 Å². The molecule has 0 aliphatic rings. The summed E-state index contributed by atoms with van der Waals surface area (Å²) in [6.07, 6.45) is 0. The highest BCUT2D eigenvalue weighted by Gasteiger charge is 2.19. The molecule has 0 fully saturated rings. The van der Waals surface area contributed by atoms with Crippen LogP contribution in [0.25, 0.3) is 0 Å². The van der Waals surface area contributed by atoms with Gasteiger partial charge in [0.2, 0.25) is 5.82 Å². The van der Waals surface area contributed by atoms with Crippen LogP contribution >= 0.6 is 47.8 Å². The Hall–Kier alpha value is 0.320. The molecule has 0 aliphatic carbocycles. The van der Waals surface area contributed by atoms with Gasteiger partial charge in [-0.05, 0) is 47.8 Å². The summed E-state index contributed by atoms with van der Waals surface area (Å²) in [7, 11) is 0. The second-order valence-corrected chi connectivity index (χ2v) is 4.30. The quantitative estimate of drug-likeness (QED) is 0.544. The summed E-state index contributed by atoms with van der Waals surface area (Å²) < 4.78 is 25.8. The van der Waals surface area contributed by atoms with Crippen molar-refractivity contribution in [3.63, 3.8) is 0 Å². The highest BCUT2D eigenvalue weighted by atomic mass is 79.9. The van der Waals surface area contributed by atoms with E-state index in [2.05, 4.69) is 47.8 Å². The first-order valence-electron chi connectivity index (χ1n) is 2.67. The van der Waals surface area contributed by atoms with Crippen LogP contribution in [0.3, 0.4) is 0 Å². The number of halogens is 5. The Morgan fingerprint density at radius 1 is 0.833 bits per heavy atom. The van der Waals surface area contributed by atoms with E-state index in [1.165, 1.54) is 0 Å². The van der Waals surface area contributed by atoms with E-state index in [0.717, 1.165) is 0 Å². The Kier molecular flexibility index (Phi) is 3.11. The standard InChI is InChI=1S/C6HBr3F2O/c7-1-2(8)4(10)5(11)6(12)3(1)9/h12H. The molecule has 0 bridgehead atoms. The van der Waals surface area contributed by atoms with Crippen molar-refractivity contribution in [3.8, 4) is 5.75 Å². The smallest absolute Gasteiger partial charge is 0.202 e. The molecule has 0 saturated heterocycles. The van der Waals surface area contributed by atoms with Crippen LogP contribution in [0.5, 0.6) is 5.75 Å². The van der Waals surface area contributed by atoms with Crippen LogP contribution < -0.4 is 0 Å². The first-order chi connectivity index (χ1) is 5.46. The zero-order chi connectivity index (χ0) is 9.46. The Balaban J connectivity index is 3.60. The topological polar surface area (TPSA) is 20.2 Å². The third kappa shape index (κ3) is 1.52. The zero-order valence-corrected chi connectivity index (χ0v) is 10.1. The lowest BCUT2D eigenvalue weighted by Gasteiger charge is -2.05. The Labute approximate surface area is 92.2 Å². The monoisotopic (exact) mass is 364 g/mol. The fourth-order valence-corrected chi connectivity index (χ4v) is 1.97. The second-order valence-electron chi connectivity index (χ2n) is 1.92. The van der Waals surface area contributed by atoms with Crippen LogP contribution in [0.1, 0.15) is 0 Å². The fourth-order valence-electron chi connectivity index (χ4n) is 0.593. The van der Waals surface area contributed by atoms with Gasteiger partial charge in [0.05, 0.1) is 13.4 Å². The molecule has 66 valence electrons. The minimum atomic E-state index is -1.28. The van der Waals surface area contributed by atoms with Gasteiger partial charge in [0.1, 0.15) is 0 Å². The molecular formula is C6HBr3F2O. The normalized spacial score (nSPS) is 10.4. The maximum absolute atomic E-state index is 12.8. The first-order valence-corrected chi connectivity index (χ1v) is 5.05. The van der Waals surface area contributed by atoms with Crippen molar-refractivity contribution in [2.24, 2.45) is 0 Å². The SMILES string of the molecule is Oc1c(F)c(F)c(Br)c(Br)c1Br. The van der Waals surface area contributed by atoms with E-state index in [1.54, 1.807) is 0 Å². The third-order valence-corrected chi connectivity index (χ3v) is 4.56. The first kappa shape index (κ1) is 10.4. The molecule has 12 heavy (non-hydrogen) atoms. The molecule has 0 radical (unpaired) electrons. The molecule has 6 heteroatoms. The van der Waals surface area contributed by atoms with E-state index in [9.17, 15) is 8.78 Å². The number of phenols is 1. The summed E-state index contributed by atoms with van der Waals surface area (Å²) in [6, 6.07) is 0. The van der Waals surface area contributed by atoms with Gasteiger partial charge in [-0.3, -0.25) is 0 Å². The number of hydrogen-bond acceptors (Lipinski definition) is 1. The van der Waals surface area contributed by atoms with Crippen LogP contribution in [-0.2, 0) is 0 Å². The lowest BCUT2D eigenvalue weighted by atomic mass is 10.3. The van der Waals surface area contributed by atoms with Crippen molar-refractivity contribution >= 4 is 47.8 Å². The molecule has 0 aliphatic heterocycles. The van der Waals surface area contributed by atoms with Crippen molar-refractivity contribution in [2.45, 2.75) is 0 Å². The van der Waals surface area contributed by atoms with Gasteiger partial charge in [0.25, 0.3) is 0 Å². The highest BCUT2D eigenvalue weighted by Crippen LogP contribution is 2.41. The van der Waals surface area contributed by atoms with Crippen LogP contribution in [0.15, 0.2) is 13.4 Å². The molecule has 1 rings (SSSR count). The second kappa shape index (κ2) is 3.59. The highest BCUT2D eigenvalue weighted by molar-refractivity contribution is 9.14. The van der Waals surface area contributed by atoms with Crippen LogP contribution in [0.2, 0.25) is 0 Å². The summed E-state index contributed by atoms with van der Waals surface area (Å²) >= 11 is 8.65. The molecule has 0 aromatic heterocycles. The number of rotatable bonds is 0. The van der Waals surface area contributed by atoms with E-state index >= 15 is 0 Å². The Morgan fingerprint density at radius 3 is 1.83 bits per heavy atom. The van der Waals surface area contributed by atoms with E-state index in [0.29, 0.717) is 0 Å². The number of aromatic hydroxyl groups is 1. The van der Waals surface area contributed by atoms with Crippen molar-refractivity contribution in [3.05, 3.63) is 25.1 Å². The summed E-state index contributed by atoms with van der Waals surface area (Å²) in [4.78, 5) is 0. The third-order valence-electron chi connectivity index (χ3n) is 1.19. The molecule has 1 nitrogen and oxygen atoms in total. The number of phenolic OH excluding ortho intramolecular Hbond substituents is 1. The van der Waals surface area contributed by atoms with Crippen LogP contribution in [-0.4, -0.2) is 5.11 Å². The lowest BCUT2D eigenvalue weighted by Crippen LogP contribution is -1.89. The van der Waals surface area contributed by atoms with E-state index in [1.807, 2.05) is 0 Å². The summed E-state index contributed by atoms with van der Waals surface area (Å²) in [5.41, 5.74) is 0. The molecule has 1 N–H and O–H groups in total. The van der Waals surface area contributed by atoms with Gasteiger partial charge >= 0.3 is 0 Å². The molecule has 0 amide bonds. The predicted molar refractivity (Wildman–Crippen MR) is 51.1 cm³/mol. The lowest BCUT2D eigenvalue weighted by molar-refractivity contribution is 0.401. The van der Waals surface area contributed by atoms with E-state index < -0.39 is 17.4 Å². The van der Waals surface area contributed by atoms with Gasteiger partial charge in [0.15, 0.2) is 11.6 Å². The van der Waals surface area contributed by atoms with Gasteiger partial charge in [0, 0.05) is 0 Å². The summed E-state index contributed by atoms with van der Waals surface area (Å²) in [5, 5.41) is 8.98. The average Bonchev–Trinajstić information content (AvgIpc) is 2.08. The van der Waals surface area contributed by atoms with Gasteiger partial charge in [-0.25, -0.2) is 4.39 Å². The van der Waals surface area contributed by atoms with E-state index in [4.69, 9.17) is 5.11 Å². The van der Waals surface area contributed by atoms with Crippen LogP contribution in [0, 0.1) is 11.6 Å². The maximum atomic E-state index is 12.8. The molecule has 0 atom stereocenters. The van der Waals surface area contributed by atoms with Gasteiger partial charge in [-0.1, -0.05) is 0 Å². The predicted octanol–water partition coefficient (Wildman–Crippen LogP) is 3.96. The Morgan fingerprint density at radius 2 is 1.33 bits per heavy atom. The minimum Gasteiger partial charge on any atom is -0.504 e. The number of hydrogen-bond donors (Lipinski definition) is 1. The summed E-state index contributed by atoms with van der Waals surface area (Å²) in [6.45, 7) is 0. The molecule has 0 spiro atoms. The zero-order valence-electron chi connectivity index (χ0n) is 5.34. The van der Waals surface area contributed by atoms with Crippen LogP contribution in [0.4, 0.5) is 8.78 Å².